The Balaban J connectivity index is 2.51. The molecule has 6 nitrogen and oxygen atoms in total. The minimum absolute atomic E-state index is 0.00927. The number of hydrogen-bond acceptors (Lipinski definition) is 6. The molecule has 102 valence electrons. The molecular formula is C11H12N2O4S2. The van der Waals surface area contributed by atoms with Crippen molar-refractivity contribution in [2.24, 2.45) is 0 Å². The van der Waals surface area contributed by atoms with E-state index in [1.54, 1.807) is 24.3 Å². The maximum Gasteiger partial charge on any atom is 0.316 e. The van der Waals surface area contributed by atoms with Crippen LogP contribution in [-0.2, 0) is 19.6 Å². The lowest BCUT2D eigenvalue weighted by atomic mass is 10.3. The number of benzene rings is 1. The third-order valence-corrected chi connectivity index (χ3v) is 4.43. The molecule has 19 heavy (non-hydrogen) atoms. The van der Waals surface area contributed by atoms with Crippen molar-refractivity contribution in [1.29, 1.82) is 0 Å². The number of rotatable bonds is 4. The van der Waals surface area contributed by atoms with E-state index in [1.807, 2.05) is 0 Å². The standard InChI is InChI=1S/C11H12N2O4S2/c1-17-10(14)7-18-11-12-8-5-3-4-6-9(8)13(11)19(2,15)16/h3-6H,7H2,1-2H3. The molecule has 0 aliphatic heterocycles. The summed E-state index contributed by atoms with van der Waals surface area (Å²) in [5.41, 5.74) is 1.07. The fourth-order valence-corrected chi connectivity index (χ4v) is 3.72. The topological polar surface area (TPSA) is 78.3 Å². The highest BCUT2D eigenvalue weighted by Gasteiger charge is 2.19. The minimum Gasteiger partial charge on any atom is -0.468 e. The van der Waals surface area contributed by atoms with E-state index >= 15 is 0 Å². The van der Waals surface area contributed by atoms with Gasteiger partial charge in [0.05, 0.1) is 30.2 Å². The smallest absolute Gasteiger partial charge is 0.316 e. The Kier molecular flexibility index (Phi) is 3.81. The number of thioether (sulfide) groups is 1. The van der Waals surface area contributed by atoms with Crippen molar-refractivity contribution >= 4 is 38.8 Å². The molecule has 0 amide bonds. The summed E-state index contributed by atoms with van der Waals surface area (Å²) in [5.74, 6) is -0.424. The Morgan fingerprint density at radius 3 is 2.74 bits per heavy atom. The lowest BCUT2D eigenvalue weighted by molar-refractivity contribution is -0.137. The Morgan fingerprint density at radius 2 is 2.11 bits per heavy atom. The Morgan fingerprint density at radius 1 is 1.42 bits per heavy atom. The maximum absolute atomic E-state index is 11.8. The van der Waals surface area contributed by atoms with Crippen LogP contribution in [0.3, 0.4) is 0 Å². The number of nitrogens with zero attached hydrogens (tertiary/aromatic N) is 2. The number of imidazole rings is 1. The predicted molar refractivity (Wildman–Crippen MR) is 72.7 cm³/mol. The molecule has 0 radical (unpaired) electrons. The molecule has 1 aromatic heterocycles. The van der Waals surface area contributed by atoms with Gasteiger partial charge in [-0.1, -0.05) is 23.9 Å². The highest BCUT2D eigenvalue weighted by molar-refractivity contribution is 8.00. The first-order chi connectivity index (χ1) is 8.93. The SMILES string of the molecule is COC(=O)CSc1nc2ccccc2n1S(C)(=O)=O. The third-order valence-electron chi connectivity index (χ3n) is 2.37. The second-order valence-corrected chi connectivity index (χ2v) is 6.55. The predicted octanol–water partition coefficient (Wildman–Crippen LogP) is 1.11. The van der Waals surface area contributed by atoms with Crippen molar-refractivity contribution in [3.8, 4) is 0 Å². The van der Waals surface area contributed by atoms with Gasteiger partial charge in [0.1, 0.15) is 0 Å². The van der Waals surface area contributed by atoms with E-state index in [-0.39, 0.29) is 10.9 Å². The largest absolute Gasteiger partial charge is 0.468 e. The van der Waals surface area contributed by atoms with Crippen molar-refractivity contribution < 1.29 is 17.9 Å². The molecule has 0 spiro atoms. The lowest BCUT2D eigenvalue weighted by Crippen LogP contribution is -2.12. The van der Waals surface area contributed by atoms with E-state index in [9.17, 15) is 13.2 Å². The van der Waals surface area contributed by atoms with E-state index in [2.05, 4.69) is 9.72 Å². The maximum atomic E-state index is 11.8. The molecule has 8 heteroatoms. The summed E-state index contributed by atoms with van der Waals surface area (Å²) >= 11 is 1.03. The van der Waals surface area contributed by atoms with Crippen molar-refractivity contribution in [3.63, 3.8) is 0 Å². The van der Waals surface area contributed by atoms with Gasteiger partial charge in [-0.3, -0.25) is 4.79 Å². The van der Waals surface area contributed by atoms with E-state index in [1.165, 1.54) is 7.11 Å². The molecule has 0 N–H and O–H groups in total. The second-order valence-electron chi connectivity index (χ2n) is 3.78. The van der Waals surface area contributed by atoms with Crippen LogP contribution in [0.2, 0.25) is 0 Å². The fraction of sp³-hybridized carbons (Fsp3) is 0.273. The number of esters is 1. The molecule has 0 bridgehead atoms. The number of para-hydroxylation sites is 2. The van der Waals surface area contributed by atoms with Gasteiger partial charge in [-0.2, -0.15) is 0 Å². The van der Waals surface area contributed by atoms with Crippen LogP contribution in [0.25, 0.3) is 11.0 Å². The van der Waals surface area contributed by atoms with Crippen molar-refractivity contribution in [3.05, 3.63) is 24.3 Å². The minimum atomic E-state index is -3.49. The van der Waals surface area contributed by atoms with Gasteiger partial charge in [-0.05, 0) is 12.1 Å². The molecule has 0 aliphatic rings. The van der Waals surface area contributed by atoms with Gasteiger partial charge in [0.2, 0.25) is 10.0 Å². The molecule has 2 aromatic rings. The number of aromatic nitrogens is 2. The van der Waals surface area contributed by atoms with Crippen molar-refractivity contribution in [2.75, 3.05) is 19.1 Å². The Bertz CT molecular complexity index is 721. The van der Waals surface area contributed by atoms with Crippen LogP contribution >= 0.6 is 11.8 Å². The van der Waals surface area contributed by atoms with Crippen LogP contribution in [-0.4, -0.2) is 42.5 Å². The van der Waals surface area contributed by atoms with Gasteiger partial charge in [-0.15, -0.1) is 0 Å². The highest BCUT2D eigenvalue weighted by atomic mass is 32.2. The molecule has 0 saturated carbocycles. The summed E-state index contributed by atoms with van der Waals surface area (Å²) in [5, 5.41) is 0.258. The van der Waals surface area contributed by atoms with Crippen molar-refractivity contribution in [2.45, 2.75) is 5.16 Å². The molecule has 2 rings (SSSR count). The molecule has 0 unspecified atom stereocenters. The first kappa shape index (κ1) is 13.9. The van der Waals surface area contributed by atoms with Crippen molar-refractivity contribution in [1.82, 2.24) is 8.96 Å². The molecular weight excluding hydrogens is 288 g/mol. The first-order valence-corrected chi connectivity index (χ1v) is 8.14. The molecule has 0 atom stereocenters. The van der Waals surface area contributed by atoms with E-state index < -0.39 is 16.0 Å². The van der Waals surface area contributed by atoms with Gasteiger partial charge in [0.25, 0.3) is 0 Å². The average molecular weight is 300 g/mol. The first-order valence-electron chi connectivity index (χ1n) is 5.31. The Hall–Kier alpha value is -1.54. The summed E-state index contributed by atoms with van der Waals surface area (Å²) in [6, 6.07) is 6.90. The number of fused-ring (bicyclic) bond motifs is 1. The molecule has 1 aromatic carbocycles. The molecule has 1 heterocycles. The number of methoxy groups -OCH3 is 1. The molecule has 0 fully saturated rings. The average Bonchev–Trinajstić information content (AvgIpc) is 2.73. The normalized spacial score (nSPS) is 11.7. The molecule has 0 saturated heterocycles. The van der Waals surface area contributed by atoms with Crippen LogP contribution in [0, 0.1) is 0 Å². The van der Waals surface area contributed by atoms with Gasteiger partial charge in [0.15, 0.2) is 5.16 Å². The van der Waals surface area contributed by atoms with Gasteiger partial charge in [0, 0.05) is 0 Å². The van der Waals surface area contributed by atoms with E-state index in [0.29, 0.717) is 11.0 Å². The quantitative estimate of drug-likeness (QED) is 0.622. The summed E-state index contributed by atoms with van der Waals surface area (Å²) in [6.45, 7) is 0. The number of hydrogen-bond donors (Lipinski definition) is 0. The summed E-state index contributed by atoms with van der Waals surface area (Å²) in [7, 11) is -2.21. The Labute approximate surface area is 114 Å². The van der Waals surface area contributed by atoms with Crippen LogP contribution in [0.4, 0.5) is 0 Å². The van der Waals surface area contributed by atoms with Gasteiger partial charge >= 0.3 is 5.97 Å². The zero-order valence-electron chi connectivity index (χ0n) is 10.4. The lowest BCUT2D eigenvalue weighted by Gasteiger charge is -2.05. The second kappa shape index (κ2) is 5.22. The summed E-state index contributed by atoms with van der Waals surface area (Å²) in [4.78, 5) is 15.4. The van der Waals surface area contributed by atoms with Gasteiger partial charge < -0.3 is 4.74 Å². The van der Waals surface area contributed by atoms with Crippen LogP contribution < -0.4 is 0 Å². The number of carbonyl (C=O) groups is 1. The van der Waals surface area contributed by atoms with E-state index in [4.69, 9.17) is 0 Å². The zero-order chi connectivity index (χ0) is 14.0. The van der Waals surface area contributed by atoms with E-state index in [0.717, 1.165) is 22.0 Å². The van der Waals surface area contributed by atoms with Gasteiger partial charge in [-0.25, -0.2) is 17.4 Å². The van der Waals surface area contributed by atoms with Crippen LogP contribution in [0.1, 0.15) is 0 Å². The zero-order valence-corrected chi connectivity index (χ0v) is 12.0. The molecule has 0 aliphatic carbocycles. The van der Waals surface area contributed by atoms with Crippen LogP contribution in [0.5, 0.6) is 0 Å². The summed E-state index contributed by atoms with van der Waals surface area (Å²) < 4.78 is 29.3. The van der Waals surface area contributed by atoms with Crippen LogP contribution in [0.15, 0.2) is 29.4 Å². The monoisotopic (exact) mass is 300 g/mol. The summed E-state index contributed by atoms with van der Waals surface area (Å²) in [6.07, 6.45) is 1.10. The third kappa shape index (κ3) is 2.90. The fourth-order valence-electron chi connectivity index (χ4n) is 1.58. The number of carbonyl (C=O) groups excluding carboxylic acids is 1. The highest BCUT2D eigenvalue weighted by Crippen LogP contribution is 2.25. The number of ether oxygens (including phenoxy) is 1.